The Balaban J connectivity index is 1.76. The van der Waals surface area contributed by atoms with Gasteiger partial charge in [0.15, 0.2) is 5.16 Å². The first kappa shape index (κ1) is 23.3. The zero-order valence-corrected chi connectivity index (χ0v) is 19.4. The summed E-state index contributed by atoms with van der Waals surface area (Å²) >= 11 is 1.46. The van der Waals surface area contributed by atoms with Crippen LogP contribution in [0, 0.1) is 0 Å². The van der Waals surface area contributed by atoms with E-state index in [2.05, 4.69) is 25.6 Å². The lowest BCUT2D eigenvalue weighted by Crippen LogP contribution is -2.27. The molecule has 1 aromatic heterocycles. The van der Waals surface area contributed by atoms with Gasteiger partial charge in [0.05, 0.1) is 12.1 Å². The third-order valence-corrected chi connectivity index (χ3v) is 4.66. The zero-order valence-electron chi connectivity index (χ0n) is 18.6. The van der Waals surface area contributed by atoms with E-state index in [4.69, 9.17) is 4.74 Å². The topological polar surface area (TPSA) is 88.5 Å². The number of ether oxygens (including phenoxy) is 1. The van der Waals surface area contributed by atoms with Crippen LogP contribution in [-0.2, 0) is 11.3 Å². The fourth-order valence-electron chi connectivity index (χ4n) is 2.73. The number of anilines is 3. The van der Waals surface area contributed by atoms with Gasteiger partial charge in [0.25, 0.3) is 0 Å². The van der Waals surface area contributed by atoms with Gasteiger partial charge in [-0.3, -0.25) is 10.3 Å². The summed E-state index contributed by atoms with van der Waals surface area (Å²) in [6.07, 6.45) is 4.93. The largest absolute Gasteiger partial charge is 0.444 e. The Morgan fingerprint density at radius 1 is 1.12 bits per heavy atom. The molecule has 0 fully saturated rings. The minimum absolute atomic E-state index is 0.505. The normalized spacial score (nSPS) is 11.4. The number of benzene rings is 2. The van der Waals surface area contributed by atoms with E-state index in [-0.39, 0.29) is 0 Å². The molecule has 3 rings (SSSR count). The molecule has 0 spiro atoms. The Hall–Kier alpha value is -3.39. The van der Waals surface area contributed by atoms with Gasteiger partial charge in [-0.1, -0.05) is 48.2 Å². The maximum Gasteiger partial charge on any atom is 0.412 e. The van der Waals surface area contributed by atoms with E-state index in [1.165, 1.54) is 11.8 Å². The lowest BCUT2D eigenvalue weighted by atomic mass is 10.2. The van der Waals surface area contributed by atoms with Gasteiger partial charge < -0.3 is 10.1 Å². The van der Waals surface area contributed by atoms with Crippen molar-refractivity contribution in [3.05, 3.63) is 71.9 Å². The molecule has 0 aliphatic rings. The number of hydrogen-bond acceptors (Lipinski definition) is 7. The number of thioether (sulfide) groups is 1. The predicted octanol–water partition coefficient (Wildman–Crippen LogP) is 5.91. The lowest BCUT2D eigenvalue weighted by Gasteiger charge is -2.19. The Morgan fingerprint density at radius 3 is 2.59 bits per heavy atom. The van der Waals surface area contributed by atoms with E-state index >= 15 is 0 Å². The third kappa shape index (κ3) is 7.39. The number of hydrogen-bond donors (Lipinski definition) is 2. The number of aromatic nitrogens is 2. The summed E-state index contributed by atoms with van der Waals surface area (Å²) < 4.78 is 5.32. The van der Waals surface area contributed by atoms with Gasteiger partial charge >= 0.3 is 6.09 Å². The molecule has 8 heteroatoms. The maximum absolute atomic E-state index is 12.1. The summed E-state index contributed by atoms with van der Waals surface area (Å²) in [5.41, 5.74) is 2.71. The first-order chi connectivity index (χ1) is 15.3. The predicted molar refractivity (Wildman–Crippen MR) is 131 cm³/mol. The average Bonchev–Trinajstić information content (AvgIpc) is 2.74. The van der Waals surface area contributed by atoms with Crippen molar-refractivity contribution in [2.75, 3.05) is 16.9 Å². The molecule has 32 heavy (non-hydrogen) atoms. The van der Waals surface area contributed by atoms with Crippen molar-refractivity contribution in [3.63, 3.8) is 0 Å². The van der Waals surface area contributed by atoms with Crippen LogP contribution in [0.25, 0.3) is 0 Å². The van der Waals surface area contributed by atoms with E-state index in [1.54, 1.807) is 18.5 Å². The van der Waals surface area contributed by atoms with Gasteiger partial charge in [-0.25, -0.2) is 14.8 Å². The van der Waals surface area contributed by atoms with E-state index in [1.807, 2.05) is 75.6 Å². The van der Waals surface area contributed by atoms with E-state index in [0.717, 1.165) is 16.8 Å². The van der Waals surface area contributed by atoms with Crippen LogP contribution in [0.2, 0.25) is 0 Å². The van der Waals surface area contributed by atoms with Crippen molar-refractivity contribution in [3.8, 4) is 0 Å². The fourth-order valence-corrected chi connectivity index (χ4v) is 3.07. The number of carbonyl (C=O) groups is 1. The van der Waals surface area contributed by atoms with Crippen LogP contribution in [-0.4, -0.2) is 34.1 Å². The first-order valence-electron chi connectivity index (χ1n) is 10.1. The summed E-state index contributed by atoms with van der Waals surface area (Å²) in [4.78, 5) is 25.6. The molecule has 166 valence electrons. The Bertz CT molecular complexity index is 1080. The standard InChI is InChI=1S/C24H27N5O2S/c1-24(2,3)31-23(30)28-20-12-8-11-19(13-20)27-21-18(16-26-22(29-21)32-4)15-25-14-17-9-6-5-7-10-17/h5-13,15-16H,14H2,1-4H3,(H,28,30)(H,26,27,29)/b25-15+. The molecule has 0 unspecified atom stereocenters. The molecular formula is C24H27N5O2S. The van der Waals surface area contributed by atoms with Crippen LogP contribution in [0.15, 0.2) is 70.9 Å². The second kappa shape index (κ2) is 10.8. The van der Waals surface area contributed by atoms with Crippen LogP contribution < -0.4 is 10.6 Å². The minimum atomic E-state index is -0.566. The molecule has 0 atom stereocenters. The Labute approximate surface area is 192 Å². The molecule has 1 heterocycles. The summed E-state index contributed by atoms with van der Waals surface area (Å²) in [6, 6.07) is 17.4. The minimum Gasteiger partial charge on any atom is -0.444 e. The van der Waals surface area contributed by atoms with Crippen molar-refractivity contribution in [1.82, 2.24) is 9.97 Å². The Kier molecular flexibility index (Phi) is 7.83. The van der Waals surface area contributed by atoms with Gasteiger partial charge in [0.1, 0.15) is 11.4 Å². The van der Waals surface area contributed by atoms with Crippen molar-refractivity contribution >= 4 is 41.3 Å². The molecule has 0 aliphatic heterocycles. The molecule has 1 amide bonds. The highest BCUT2D eigenvalue weighted by atomic mass is 32.2. The van der Waals surface area contributed by atoms with Gasteiger partial charge in [-0.15, -0.1) is 0 Å². The zero-order chi connectivity index (χ0) is 23.0. The molecule has 7 nitrogen and oxygen atoms in total. The van der Waals surface area contributed by atoms with Crippen molar-refractivity contribution in [2.24, 2.45) is 4.99 Å². The first-order valence-corrected chi connectivity index (χ1v) is 11.4. The molecule has 2 aromatic carbocycles. The lowest BCUT2D eigenvalue weighted by molar-refractivity contribution is 0.0636. The average molecular weight is 450 g/mol. The van der Waals surface area contributed by atoms with Crippen LogP contribution in [0.4, 0.5) is 22.0 Å². The van der Waals surface area contributed by atoms with Crippen LogP contribution in [0.5, 0.6) is 0 Å². The number of amides is 1. The number of carbonyl (C=O) groups excluding carboxylic acids is 1. The number of nitrogens with one attached hydrogen (secondary N) is 2. The second-order valence-corrected chi connectivity index (χ2v) is 8.72. The number of rotatable bonds is 7. The van der Waals surface area contributed by atoms with Gasteiger partial charge in [-0.05, 0) is 50.8 Å². The summed E-state index contributed by atoms with van der Waals surface area (Å²) in [5, 5.41) is 6.71. The Morgan fingerprint density at radius 2 is 1.88 bits per heavy atom. The highest BCUT2D eigenvalue weighted by Gasteiger charge is 2.16. The molecular weight excluding hydrogens is 422 g/mol. The molecule has 3 aromatic rings. The maximum atomic E-state index is 12.1. The van der Waals surface area contributed by atoms with E-state index in [0.29, 0.717) is 23.2 Å². The van der Waals surface area contributed by atoms with E-state index in [9.17, 15) is 4.79 Å². The summed E-state index contributed by atoms with van der Waals surface area (Å²) in [7, 11) is 0. The van der Waals surface area contributed by atoms with Gasteiger partial charge in [-0.2, -0.15) is 0 Å². The summed E-state index contributed by atoms with van der Waals surface area (Å²) in [5.74, 6) is 0.635. The van der Waals surface area contributed by atoms with Crippen LogP contribution in [0.3, 0.4) is 0 Å². The van der Waals surface area contributed by atoms with Crippen LogP contribution >= 0.6 is 11.8 Å². The second-order valence-electron chi connectivity index (χ2n) is 7.95. The number of aliphatic imine (C=N–C) groups is 1. The van der Waals surface area contributed by atoms with Gasteiger partial charge in [0.2, 0.25) is 0 Å². The molecule has 0 bridgehead atoms. The smallest absolute Gasteiger partial charge is 0.412 e. The quantitative estimate of drug-likeness (QED) is 0.265. The highest BCUT2D eigenvalue weighted by Crippen LogP contribution is 2.23. The SMILES string of the molecule is CSc1ncc(/C=N/Cc2ccccc2)c(Nc2cccc(NC(=O)OC(C)(C)C)c2)n1. The van der Waals surface area contributed by atoms with E-state index < -0.39 is 11.7 Å². The molecule has 0 saturated carbocycles. The monoisotopic (exact) mass is 449 g/mol. The van der Waals surface area contributed by atoms with Gasteiger partial charge in [0, 0.05) is 23.8 Å². The highest BCUT2D eigenvalue weighted by molar-refractivity contribution is 7.98. The number of nitrogens with zero attached hydrogens (tertiary/aromatic N) is 3. The van der Waals surface area contributed by atoms with Crippen molar-refractivity contribution in [2.45, 2.75) is 38.1 Å². The molecule has 2 N–H and O–H groups in total. The fraction of sp³-hybridized carbons (Fsp3) is 0.250. The van der Waals surface area contributed by atoms with Crippen LogP contribution in [0.1, 0.15) is 31.9 Å². The molecule has 0 radical (unpaired) electrons. The van der Waals surface area contributed by atoms with Crippen molar-refractivity contribution < 1.29 is 9.53 Å². The summed E-state index contributed by atoms with van der Waals surface area (Å²) in [6.45, 7) is 6.04. The molecule has 0 aliphatic carbocycles. The molecule has 0 saturated heterocycles. The van der Waals surface area contributed by atoms with Crippen molar-refractivity contribution in [1.29, 1.82) is 0 Å². The third-order valence-electron chi connectivity index (χ3n) is 4.10.